The zero-order chi connectivity index (χ0) is 15.7. The minimum Gasteiger partial charge on any atom is -0.378 e. The van der Waals surface area contributed by atoms with Gasteiger partial charge in [0, 0.05) is 44.2 Å². The Kier molecular flexibility index (Phi) is 3.88. The van der Waals surface area contributed by atoms with E-state index in [9.17, 15) is 4.79 Å². The van der Waals surface area contributed by atoms with E-state index in [0.717, 1.165) is 36.2 Å². The van der Waals surface area contributed by atoms with Crippen LogP contribution in [0.15, 0.2) is 30.5 Å². The number of fused-ring (bicyclic) bond motifs is 1. The van der Waals surface area contributed by atoms with Crippen LogP contribution < -0.4 is 10.2 Å². The summed E-state index contributed by atoms with van der Waals surface area (Å²) in [6.45, 7) is 0. The maximum atomic E-state index is 12.5. The predicted octanol–water partition coefficient (Wildman–Crippen LogP) is 2.29. The van der Waals surface area contributed by atoms with Gasteiger partial charge < -0.3 is 10.2 Å². The summed E-state index contributed by atoms with van der Waals surface area (Å²) in [5, 5.41) is 7.62. The summed E-state index contributed by atoms with van der Waals surface area (Å²) >= 11 is 0. The van der Waals surface area contributed by atoms with Gasteiger partial charge in [-0.3, -0.25) is 9.48 Å². The van der Waals surface area contributed by atoms with Crippen molar-refractivity contribution >= 4 is 11.6 Å². The number of aromatic nitrogens is 2. The molecule has 1 aliphatic rings. The van der Waals surface area contributed by atoms with Crippen LogP contribution in [0, 0.1) is 0 Å². The van der Waals surface area contributed by atoms with Gasteiger partial charge in [-0.1, -0.05) is 0 Å². The van der Waals surface area contributed by atoms with Crippen molar-refractivity contribution in [3.05, 3.63) is 47.3 Å². The van der Waals surface area contributed by atoms with Crippen LogP contribution in [0.5, 0.6) is 0 Å². The van der Waals surface area contributed by atoms with Gasteiger partial charge in [-0.15, -0.1) is 0 Å². The lowest BCUT2D eigenvalue weighted by Gasteiger charge is -2.22. The second kappa shape index (κ2) is 5.83. The van der Waals surface area contributed by atoms with E-state index >= 15 is 0 Å². The maximum absolute atomic E-state index is 12.5. The number of nitrogens with one attached hydrogen (secondary N) is 1. The fourth-order valence-electron chi connectivity index (χ4n) is 2.97. The molecule has 5 nitrogen and oxygen atoms in total. The Labute approximate surface area is 130 Å². The third kappa shape index (κ3) is 2.84. The molecule has 0 saturated carbocycles. The van der Waals surface area contributed by atoms with E-state index in [1.54, 1.807) is 0 Å². The fraction of sp³-hybridized carbons (Fsp3) is 0.412. The summed E-state index contributed by atoms with van der Waals surface area (Å²) in [6.07, 6.45) is 5.06. The van der Waals surface area contributed by atoms with E-state index in [0.29, 0.717) is 5.56 Å². The zero-order valence-corrected chi connectivity index (χ0v) is 13.3. The van der Waals surface area contributed by atoms with E-state index in [-0.39, 0.29) is 11.9 Å². The molecule has 0 fully saturated rings. The monoisotopic (exact) mass is 298 g/mol. The number of benzene rings is 1. The van der Waals surface area contributed by atoms with Gasteiger partial charge in [-0.05, 0) is 43.5 Å². The number of carbonyl (C=O) groups excluding carboxylic acids is 1. The van der Waals surface area contributed by atoms with Gasteiger partial charge in [0.1, 0.15) is 0 Å². The van der Waals surface area contributed by atoms with Crippen LogP contribution in [-0.2, 0) is 13.5 Å². The van der Waals surface area contributed by atoms with Gasteiger partial charge in [0.15, 0.2) is 0 Å². The summed E-state index contributed by atoms with van der Waals surface area (Å²) < 4.78 is 1.83. The summed E-state index contributed by atoms with van der Waals surface area (Å²) in [6, 6.07) is 7.74. The largest absolute Gasteiger partial charge is 0.378 e. The second-order valence-electron chi connectivity index (χ2n) is 6.06. The molecule has 0 saturated heterocycles. The number of hydrogen-bond donors (Lipinski definition) is 1. The molecule has 1 N–H and O–H groups in total. The van der Waals surface area contributed by atoms with Crippen LogP contribution >= 0.6 is 0 Å². The Hall–Kier alpha value is -2.30. The molecule has 1 atom stereocenters. The summed E-state index contributed by atoms with van der Waals surface area (Å²) in [4.78, 5) is 14.5. The second-order valence-corrected chi connectivity index (χ2v) is 6.06. The molecule has 1 heterocycles. The molecule has 22 heavy (non-hydrogen) atoms. The number of hydrogen-bond acceptors (Lipinski definition) is 3. The van der Waals surface area contributed by atoms with Crippen molar-refractivity contribution in [2.24, 2.45) is 7.05 Å². The first kappa shape index (κ1) is 14.6. The van der Waals surface area contributed by atoms with E-state index in [2.05, 4.69) is 10.4 Å². The highest BCUT2D eigenvalue weighted by atomic mass is 16.1. The third-order valence-corrected chi connectivity index (χ3v) is 4.17. The molecule has 0 radical (unpaired) electrons. The average Bonchev–Trinajstić information content (AvgIpc) is 2.88. The molecule has 2 aromatic rings. The minimum atomic E-state index is -0.0213. The molecule has 0 bridgehead atoms. The van der Waals surface area contributed by atoms with Crippen LogP contribution in [0.1, 0.15) is 40.5 Å². The van der Waals surface area contributed by atoms with E-state index < -0.39 is 0 Å². The molecule has 0 unspecified atom stereocenters. The number of amides is 1. The van der Waals surface area contributed by atoms with E-state index in [1.165, 1.54) is 0 Å². The smallest absolute Gasteiger partial charge is 0.251 e. The van der Waals surface area contributed by atoms with Crippen LogP contribution in [0.25, 0.3) is 0 Å². The lowest BCUT2D eigenvalue weighted by Crippen LogP contribution is -2.30. The Bertz CT molecular complexity index is 672. The highest BCUT2D eigenvalue weighted by Gasteiger charge is 2.24. The Morgan fingerprint density at radius 2 is 2.05 bits per heavy atom. The molecule has 0 spiro atoms. The van der Waals surface area contributed by atoms with Crippen LogP contribution in [-0.4, -0.2) is 29.8 Å². The van der Waals surface area contributed by atoms with Crippen molar-refractivity contribution in [2.45, 2.75) is 25.3 Å². The van der Waals surface area contributed by atoms with Gasteiger partial charge >= 0.3 is 0 Å². The number of carbonyl (C=O) groups is 1. The van der Waals surface area contributed by atoms with Gasteiger partial charge in [-0.2, -0.15) is 5.10 Å². The van der Waals surface area contributed by atoms with Crippen molar-refractivity contribution in [2.75, 3.05) is 19.0 Å². The third-order valence-electron chi connectivity index (χ3n) is 4.17. The molecule has 1 amide bonds. The number of rotatable bonds is 3. The highest BCUT2D eigenvalue weighted by molar-refractivity contribution is 5.94. The van der Waals surface area contributed by atoms with Crippen LogP contribution in [0.3, 0.4) is 0 Å². The Morgan fingerprint density at radius 1 is 1.32 bits per heavy atom. The maximum Gasteiger partial charge on any atom is 0.251 e. The molecule has 3 rings (SSSR count). The van der Waals surface area contributed by atoms with Gasteiger partial charge in [-0.25, -0.2) is 0 Å². The summed E-state index contributed by atoms with van der Waals surface area (Å²) in [5.41, 5.74) is 4.05. The standard InChI is InChI=1S/C17H22N4O/c1-20(2)13-9-7-12(8-10-13)17(22)18-15-5-4-6-16-14(15)11-21(3)19-16/h7-11,15H,4-6H2,1-3H3,(H,18,22)/t15-/m0/s1. The molecule has 0 aliphatic heterocycles. The normalized spacial score (nSPS) is 17.0. The van der Waals surface area contributed by atoms with Crippen molar-refractivity contribution < 1.29 is 4.79 Å². The van der Waals surface area contributed by atoms with Crippen molar-refractivity contribution in [1.29, 1.82) is 0 Å². The topological polar surface area (TPSA) is 50.2 Å². The SMILES string of the molecule is CN(C)c1ccc(C(=O)N[C@H]2CCCc3nn(C)cc32)cc1. The van der Waals surface area contributed by atoms with Crippen molar-refractivity contribution in [3.63, 3.8) is 0 Å². The average molecular weight is 298 g/mol. The zero-order valence-electron chi connectivity index (χ0n) is 13.3. The summed E-state index contributed by atoms with van der Waals surface area (Å²) in [7, 11) is 5.90. The summed E-state index contributed by atoms with van der Waals surface area (Å²) in [5.74, 6) is -0.0213. The van der Waals surface area contributed by atoms with Gasteiger partial charge in [0.05, 0.1) is 11.7 Å². The number of nitrogens with zero attached hydrogens (tertiary/aromatic N) is 3. The minimum absolute atomic E-state index is 0.0213. The lowest BCUT2D eigenvalue weighted by molar-refractivity contribution is 0.0933. The molecular weight excluding hydrogens is 276 g/mol. The van der Waals surface area contributed by atoms with E-state index in [1.807, 2.05) is 61.2 Å². The van der Waals surface area contributed by atoms with Crippen molar-refractivity contribution in [3.8, 4) is 0 Å². The molecule has 1 aromatic carbocycles. The van der Waals surface area contributed by atoms with Crippen molar-refractivity contribution in [1.82, 2.24) is 15.1 Å². The quantitative estimate of drug-likeness (QED) is 0.946. The fourth-order valence-corrected chi connectivity index (χ4v) is 2.97. The van der Waals surface area contributed by atoms with Crippen LogP contribution in [0.2, 0.25) is 0 Å². The highest BCUT2D eigenvalue weighted by Crippen LogP contribution is 2.29. The lowest BCUT2D eigenvalue weighted by atomic mass is 9.93. The van der Waals surface area contributed by atoms with E-state index in [4.69, 9.17) is 0 Å². The van der Waals surface area contributed by atoms with Gasteiger partial charge in [0.2, 0.25) is 0 Å². The Balaban J connectivity index is 1.74. The number of anilines is 1. The predicted molar refractivity (Wildman–Crippen MR) is 87.1 cm³/mol. The number of aryl methyl sites for hydroxylation is 2. The molecule has 5 heteroatoms. The Morgan fingerprint density at radius 3 is 2.73 bits per heavy atom. The molecule has 116 valence electrons. The molecule has 1 aliphatic carbocycles. The van der Waals surface area contributed by atoms with Crippen LogP contribution in [0.4, 0.5) is 5.69 Å². The first-order chi connectivity index (χ1) is 10.5. The van der Waals surface area contributed by atoms with Gasteiger partial charge in [0.25, 0.3) is 5.91 Å². The first-order valence-electron chi connectivity index (χ1n) is 7.65. The molecular formula is C17H22N4O. The molecule has 1 aromatic heterocycles. The first-order valence-corrected chi connectivity index (χ1v) is 7.65.